The third-order valence-electron chi connectivity index (χ3n) is 2.62. The Morgan fingerprint density at radius 3 is 2.38 bits per heavy atom. The molecule has 3 rings (SSSR count). The van der Waals surface area contributed by atoms with Crippen molar-refractivity contribution in [1.29, 1.82) is 0 Å². The van der Waals surface area contributed by atoms with E-state index in [2.05, 4.69) is 42.5 Å². The van der Waals surface area contributed by atoms with Crippen LogP contribution in [0.15, 0.2) is 42.5 Å². The Balaban J connectivity index is 0.000000750. The molecule has 2 aromatic rings. The van der Waals surface area contributed by atoms with Crippen LogP contribution in [-0.4, -0.2) is 0 Å². The van der Waals surface area contributed by atoms with Gasteiger partial charge in [-0.25, -0.2) is 0 Å². The van der Waals surface area contributed by atoms with Crippen molar-refractivity contribution in [3.8, 4) is 11.1 Å². The summed E-state index contributed by atoms with van der Waals surface area (Å²) in [6, 6.07) is 18.1. The van der Waals surface area contributed by atoms with Gasteiger partial charge in [0.1, 0.15) is 0 Å². The molecule has 0 fully saturated rings. The fraction of sp³-hybridized carbons (Fsp3) is 0.0769. The first-order valence-electron chi connectivity index (χ1n) is 4.53. The van der Waals surface area contributed by atoms with Gasteiger partial charge in [0.05, 0.1) is 0 Å². The fourth-order valence-electron chi connectivity index (χ4n) is 2.00. The molecule has 1 aliphatic rings. The van der Waals surface area contributed by atoms with Crippen LogP contribution in [0.3, 0.4) is 0 Å². The molecule has 0 heterocycles. The van der Waals surface area contributed by atoms with Gasteiger partial charge in [0.15, 0.2) is 0 Å². The topological polar surface area (TPSA) is 0 Å². The SMILES string of the molecule is [F-].[F-].[Zr+3].[c-]1cccc2c1Cc1ccccc1-2. The Kier molecular flexibility index (Phi) is 5.74. The predicted molar refractivity (Wildman–Crippen MR) is 53.5 cm³/mol. The summed E-state index contributed by atoms with van der Waals surface area (Å²) in [7, 11) is 0. The molecule has 79 valence electrons. The van der Waals surface area contributed by atoms with Gasteiger partial charge in [0.2, 0.25) is 0 Å². The van der Waals surface area contributed by atoms with Gasteiger partial charge >= 0.3 is 26.2 Å². The summed E-state index contributed by atoms with van der Waals surface area (Å²) in [6.07, 6.45) is 1.05. The van der Waals surface area contributed by atoms with E-state index in [1.807, 2.05) is 6.07 Å². The molecule has 0 spiro atoms. The molecule has 0 nitrogen and oxygen atoms in total. The largest absolute Gasteiger partial charge is 3.00 e. The molecule has 0 aromatic heterocycles. The molecule has 3 heteroatoms. The molecule has 0 amide bonds. The van der Waals surface area contributed by atoms with Gasteiger partial charge in [-0.15, -0.1) is 5.56 Å². The second-order valence-electron chi connectivity index (χ2n) is 3.40. The summed E-state index contributed by atoms with van der Waals surface area (Å²) in [5, 5.41) is 0. The number of halogens is 2. The molecule has 0 saturated heterocycles. The molecule has 0 atom stereocenters. The van der Waals surface area contributed by atoms with Crippen LogP contribution in [0.5, 0.6) is 0 Å². The van der Waals surface area contributed by atoms with Gasteiger partial charge in [-0.05, 0) is 6.42 Å². The number of fused-ring (bicyclic) bond motifs is 3. The number of rotatable bonds is 0. The van der Waals surface area contributed by atoms with E-state index in [1.165, 1.54) is 22.3 Å². The second kappa shape index (κ2) is 6.05. The van der Waals surface area contributed by atoms with Gasteiger partial charge in [-0.2, -0.15) is 29.8 Å². The molecule has 0 unspecified atom stereocenters. The maximum atomic E-state index is 3.30. The monoisotopic (exact) mass is 293 g/mol. The Morgan fingerprint density at radius 2 is 1.56 bits per heavy atom. The quantitative estimate of drug-likeness (QED) is 0.389. The first kappa shape index (κ1) is 15.2. The van der Waals surface area contributed by atoms with E-state index >= 15 is 0 Å². The fourth-order valence-corrected chi connectivity index (χ4v) is 2.00. The van der Waals surface area contributed by atoms with Crippen LogP contribution in [0.25, 0.3) is 11.1 Å². The third-order valence-corrected chi connectivity index (χ3v) is 2.62. The number of hydrogen-bond acceptors (Lipinski definition) is 0. The average Bonchev–Trinajstić information content (AvgIpc) is 2.56. The minimum atomic E-state index is 0. The summed E-state index contributed by atoms with van der Waals surface area (Å²) in [5.41, 5.74) is 5.51. The van der Waals surface area contributed by atoms with Crippen molar-refractivity contribution in [2.24, 2.45) is 0 Å². The van der Waals surface area contributed by atoms with E-state index < -0.39 is 0 Å². The van der Waals surface area contributed by atoms with Crippen LogP contribution in [0.1, 0.15) is 11.1 Å². The number of hydrogen-bond donors (Lipinski definition) is 0. The minimum Gasteiger partial charge on any atom is -1.00 e. The molecule has 1 aliphatic carbocycles. The molecule has 1 radical (unpaired) electrons. The average molecular weight is 294 g/mol. The zero-order valence-corrected chi connectivity index (χ0v) is 11.0. The molecule has 2 aromatic carbocycles. The van der Waals surface area contributed by atoms with Crippen LogP contribution >= 0.6 is 0 Å². The summed E-state index contributed by atoms with van der Waals surface area (Å²) in [6.45, 7) is 0. The summed E-state index contributed by atoms with van der Waals surface area (Å²) < 4.78 is 0. The van der Waals surface area contributed by atoms with Crippen LogP contribution in [-0.2, 0) is 32.6 Å². The zero-order chi connectivity index (χ0) is 8.67. The van der Waals surface area contributed by atoms with Crippen molar-refractivity contribution < 1.29 is 35.6 Å². The Morgan fingerprint density at radius 1 is 0.875 bits per heavy atom. The smallest absolute Gasteiger partial charge is 1.00 e. The maximum absolute atomic E-state index is 3.30. The van der Waals surface area contributed by atoms with E-state index in [4.69, 9.17) is 0 Å². The standard InChI is InChI=1S/C13H9.2FH.Zr/c1-3-7-12-10(5-1)9-11-6-2-4-8-13(11)12;;;/h1-5,7-8H,9H2;2*1H;/q-1;;;+3/p-2. The summed E-state index contributed by atoms with van der Waals surface area (Å²) >= 11 is 0. The Labute approximate surface area is 113 Å². The van der Waals surface area contributed by atoms with E-state index in [1.54, 1.807) is 0 Å². The van der Waals surface area contributed by atoms with Crippen molar-refractivity contribution in [3.63, 3.8) is 0 Å². The van der Waals surface area contributed by atoms with Crippen molar-refractivity contribution in [2.75, 3.05) is 0 Å². The van der Waals surface area contributed by atoms with Crippen LogP contribution in [0.4, 0.5) is 0 Å². The first-order valence-corrected chi connectivity index (χ1v) is 4.53. The van der Waals surface area contributed by atoms with Crippen LogP contribution in [0, 0.1) is 6.07 Å². The maximum Gasteiger partial charge on any atom is 3.00 e. The van der Waals surface area contributed by atoms with E-state index in [9.17, 15) is 0 Å². The first-order chi connectivity index (χ1) is 6.45. The van der Waals surface area contributed by atoms with E-state index in [0.717, 1.165) is 6.42 Å². The van der Waals surface area contributed by atoms with Gasteiger partial charge in [-0.3, -0.25) is 0 Å². The van der Waals surface area contributed by atoms with Crippen LogP contribution < -0.4 is 9.41 Å². The minimum absolute atomic E-state index is 0. The molecule has 0 saturated carbocycles. The molecule has 16 heavy (non-hydrogen) atoms. The molecule has 0 bridgehead atoms. The molecular formula is C13H9F2Zr. The normalized spacial score (nSPS) is 10.0. The third kappa shape index (κ3) is 2.30. The Bertz CT molecular complexity index is 425. The summed E-state index contributed by atoms with van der Waals surface area (Å²) in [5.74, 6) is 0. The van der Waals surface area contributed by atoms with Crippen molar-refractivity contribution in [3.05, 3.63) is 59.7 Å². The molecule has 0 N–H and O–H groups in total. The van der Waals surface area contributed by atoms with E-state index in [-0.39, 0.29) is 35.6 Å². The van der Waals surface area contributed by atoms with Crippen molar-refractivity contribution in [2.45, 2.75) is 6.42 Å². The second-order valence-corrected chi connectivity index (χ2v) is 3.40. The predicted octanol–water partition coefficient (Wildman–Crippen LogP) is -2.94. The van der Waals surface area contributed by atoms with Gasteiger partial charge in [-0.1, -0.05) is 35.4 Å². The van der Waals surface area contributed by atoms with Gasteiger partial charge in [0.25, 0.3) is 0 Å². The van der Waals surface area contributed by atoms with Crippen molar-refractivity contribution in [1.82, 2.24) is 0 Å². The summed E-state index contributed by atoms with van der Waals surface area (Å²) in [4.78, 5) is 0. The molecule has 0 aliphatic heterocycles. The van der Waals surface area contributed by atoms with Crippen molar-refractivity contribution >= 4 is 0 Å². The van der Waals surface area contributed by atoms with E-state index in [0.29, 0.717) is 0 Å². The zero-order valence-electron chi connectivity index (χ0n) is 8.50. The Hall–Kier alpha value is -0.817. The van der Waals surface area contributed by atoms with Gasteiger partial charge < -0.3 is 9.41 Å². The molecular weight excluding hydrogens is 285 g/mol. The van der Waals surface area contributed by atoms with Crippen LogP contribution in [0.2, 0.25) is 0 Å². The number of benzene rings is 2. The van der Waals surface area contributed by atoms with Gasteiger partial charge in [0, 0.05) is 0 Å².